The van der Waals surface area contributed by atoms with Crippen molar-refractivity contribution in [2.75, 3.05) is 54.5 Å². The quantitative estimate of drug-likeness (QED) is 0.188. The Morgan fingerprint density at radius 1 is 0.744 bits per heavy atom. The fourth-order valence-electron chi connectivity index (χ4n) is 4.15. The van der Waals surface area contributed by atoms with Crippen molar-refractivity contribution in [3.8, 4) is 11.8 Å². The summed E-state index contributed by atoms with van der Waals surface area (Å²) in [5.74, 6) is -0.0765. The zero-order valence-corrected chi connectivity index (χ0v) is 25.6. The Balaban J connectivity index is 0.000000236. The third-order valence-corrected chi connectivity index (χ3v) is 6.33. The summed E-state index contributed by atoms with van der Waals surface area (Å²) in [6.07, 6.45) is 1.81. The molecule has 0 radical (unpaired) electrons. The van der Waals surface area contributed by atoms with Crippen molar-refractivity contribution in [2.24, 2.45) is 0 Å². The van der Waals surface area contributed by atoms with Crippen LogP contribution in [0.25, 0.3) is 0 Å². The Kier molecular flexibility index (Phi) is 13.7. The molecule has 2 N–H and O–H groups in total. The minimum Gasteiger partial charge on any atom is -0.477 e. The fourth-order valence-corrected chi connectivity index (χ4v) is 4.15. The fraction of sp³-hybridized carbons (Fsp3) is 0.406. The highest BCUT2D eigenvalue weighted by Gasteiger charge is 2.15. The van der Waals surface area contributed by atoms with Crippen LogP contribution in [0, 0.1) is 0 Å². The van der Waals surface area contributed by atoms with Crippen LogP contribution in [0.4, 0.5) is 0 Å². The van der Waals surface area contributed by atoms with Gasteiger partial charge >= 0.3 is 5.97 Å². The van der Waals surface area contributed by atoms with Crippen LogP contribution in [0.15, 0.2) is 72.8 Å². The predicted molar refractivity (Wildman–Crippen MR) is 166 cm³/mol. The molecule has 0 spiro atoms. The van der Waals surface area contributed by atoms with Crippen LogP contribution in [-0.2, 0) is 19.7 Å². The molecule has 0 aliphatic carbocycles. The first-order chi connectivity index (χ1) is 20.7. The number of hydrogen-bond acceptors (Lipinski definition) is 8. The first-order valence-corrected chi connectivity index (χ1v) is 14.4. The van der Waals surface area contributed by atoms with Crippen molar-refractivity contribution >= 4 is 5.97 Å². The first-order valence-electron chi connectivity index (χ1n) is 14.4. The third kappa shape index (κ3) is 11.9. The van der Waals surface area contributed by atoms with Gasteiger partial charge in [0.15, 0.2) is 5.69 Å². The number of hydrogen-bond donors (Lipinski definition) is 2. The van der Waals surface area contributed by atoms with Crippen LogP contribution in [-0.4, -0.2) is 100 Å². The van der Waals surface area contributed by atoms with Gasteiger partial charge in [-0.05, 0) is 52.2 Å². The maximum Gasteiger partial charge on any atom is 0.354 e. The number of benzene rings is 2. The Hall–Kier alpha value is -4.19. The monoisotopic (exact) mass is 592 g/mol. The molecule has 0 saturated carbocycles. The zero-order chi connectivity index (χ0) is 31.0. The molecule has 11 heteroatoms. The number of aliphatic hydroxyl groups excluding tert-OH is 1. The molecule has 0 bridgehead atoms. The van der Waals surface area contributed by atoms with Crippen molar-refractivity contribution in [1.29, 1.82) is 0 Å². The number of aliphatic hydroxyl groups is 1. The first kappa shape index (κ1) is 33.3. The number of aromatic nitrogens is 4. The lowest BCUT2D eigenvalue weighted by Gasteiger charge is -2.08. The van der Waals surface area contributed by atoms with E-state index in [4.69, 9.17) is 9.47 Å². The molecule has 0 unspecified atom stereocenters. The Labute approximate surface area is 253 Å². The van der Waals surface area contributed by atoms with Gasteiger partial charge in [-0.1, -0.05) is 60.7 Å². The minimum absolute atomic E-state index is 0.0408. The molecule has 2 aromatic heterocycles. The van der Waals surface area contributed by atoms with Crippen molar-refractivity contribution in [3.05, 3.63) is 95.3 Å². The average molecular weight is 593 g/mol. The van der Waals surface area contributed by atoms with Gasteiger partial charge in [0, 0.05) is 25.2 Å². The molecule has 232 valence electrons. The van der Waals surface area contributed by atoms with Gasteiger partial charge in [0.1, 0.15) is 0 Å². The molecule has 2 heterocycles. The Morgan fingerprint density at radius 2 is 1.21 bits per heavy atom. The molecule has 11 nitrogen and oxygen atoms in total. The van der Waals surface area contributed by atoms with Crippen LogP contribution >= 0.6 is 0 Å². The average Bonchev–Trinajstić information content (AvgIpc) is 3.58. The lowest BCUT2D eigenvalue weighted by atomic mass is 10.2. The van der Waals surface area contributed by atoms with E-state index < -0.39 is 5.97 Å². The highest BCUT2D eigenvalue weighted by molar-refractivity contribution is 5.86. The number of ether oxygens (including phenoxy) is 2. The molecular formula is C32H44N6O5. The molecule has 0 aliphatic heterocycles. The van der Waals surface area contributed by atoms with Crippen molar-refractivity contribution in [2.45, 2.75) is 32.5 Å². The number of carbonyl (C=O) groups is 1. The zero-order valence-electron chi connectivity index (χ0n) is 25.6. The normalized spacial score (nSPS) is 11.0. The second-order valence-electron chi connectivity index (χ2n) is 10.6. The maximum atomic E-state index is 11.3. The van der Waals surface area contributed by atoms with Gasteiger partial charge < -0.3 is 29.5 Å². The van der Waals surface area contributed by atoms with Crippen molar-refractivity contribution < 1.29 is 24.5 Å². The smallest absolute Gasteiger partial charge is 0.354 e. The van der Waals surface area contributed by atoms with Crippen LogP contribution in [0.1, 0.15) is 40.2 Å². The Morgan fingerprint density at radius 3 is 1.67 bits per heavy atom. The van der Waals surface area contributed by atoms with Crippen molar-refractivity contribution in [1.82, 2.24) is 29.4 Å². The topological polar surface area (TPSA) is 118 Å². The van der Waals surface area contributed by atoms with E-state index in [1.54, 1.807) is 10.7 Å². The highest BCUT2D eigenvalue weighted by Crippen LogP contribution is 2.16. The maximum absolute atomic E-state index is 11.3. The van der Waals surface area contributed by atoms with E-state index in [9.17, 15) is 15.0 Å². The number of rotatable bonds is 16. The van der Waals surface area contributed by atoms with E-state index in [2.05, 4.69) is 20.0 Å². The van der Waals surface area contributed by atoms with E-state index in [0.29, 0.717) is 38.1 Å². The second-order valence-corrected chi connectivity index (χ2v) is 10.6. The van der Waals surface area contributed by atoms with Gasteiger partial charge in [0.05, 0.1) is 38.6 Å². The summed E-state index contributed by atoms with van der Waals surface area (Å²) in [7, 11) is 8.07. The van der Waals surface area contributed by atoms with Gasteiger partial charge in [-0.15, -0.1) is 10.2 Å². The van der Waals surface area contributed by atoms with Gasteiger partial charge in [0.2, 0.25) is 11.8 Å². The lowest BCUT2D eigenvalue weighted by molar-refractivity contribution is 0.0684. The molecule has 0 amide bonds. The second kappa shape index (κ2) is 17.7. The Bertz CT molecular complexity index is 1360. The van der Waals surface area contributed by atoms with Gasteiger partial charge in [-0.3, -0.25) is 4.68 Å². The van der Waals surface area contributed by atoms with Crippen LogP contribution in [0.2, 0.25) is 0 Å². The van der Waals surface area contributed by atoms with E-state index in [1.807, 2.05) is 88.9 Å². The summed E-state index contributed by atoms with van der Waals surface area (Å²) in [6, 6.07) is 23.0. The van der Waals surface area contributed by atoms with Crippen LogP contribution in [0.3, 0.4) is 0 Å². The summed E-state index contributed by atoms with van der Waals surface area (Å²) < 4.78 is 14.4. The van der Waals surface area contributed by atoms with Gasteiger partial charge in [-0.2, -0.15) is 0 Å². The number of aromatic carboxylic acids is 1. The number of carboxylic acids is 1. The summed E-state index contributed by atoms with van der Waals surface area (Å²) >= 11 is 0. The van der Waals surface area contributed by atoms with Gasteiger partial charge in [-0.25, -0.2) is 9.48 Å². The number of carboxylic acid groups (broad SMARTS) is 1. The van der Waals surface area contributed by atoms with Crippen LogP contribution < -0.4 is 9.47 Å². The summed E-state index contributed by atoms with van der Waals surface area (Å²) in [5, 5.41) is 27.4. The third-order valence-electron chi connectivity index (χ3n) is 6.33. The summed E-state index contributed by atoms with van der Waals surface area (Å²) in [5.41, 5.74) is 3.04. The van der Waals surface area contributed by atoms with Gasteiger partial charge in [0.25, 0.3) is 0 Å². The highest BCUT2D eigenvalue weighted by atomic mass is 16.5. The lowest BCUT2D eigenvalue weighted by Crippen LogP contribution is -2.15. The van der Waals surface area contributed by atoms with Crippen molar-refractivity contribution in [3.63, 3.8) is 0 Å². The predicted octanol–water partition coefficient (Wildman–Crippen LogP) is 3.71. The SMILES string of the molecule is CN(C)CCCOc1cc(C(=O)O)n(Cc2ccccc2)n1.CN(C)CCCOc1cc(CO)n(Cc2ccccc2)n1. The van der Waals surface area contributed by atoms with E-state index >= 15 is 0 Å². The van der Waals surface area contributed by atoms with Crippen LogP contribution in [0.5, 0.6) is 11.8 Å². The molecule has 2 aromatic carbocycles. The summed E-state index contributed by atoms with van der Waals surface area (Å²) in [4.78, 5) is 15.5. The molecule has 4 rings (SSSR count). The molecule has 0 saturated heterocycles. The van der Waals surface area contributed by atoms with E-state index in [1.165, 1.54) is 10.7 Å². The standard InChI is InChI=1S/C16H21N3O3.C16H23N3O2/c1-18(2)9-6-10-22-15-11-14(16(20)21)19(17-15)12-13-7-4-3-5-8-13;1-18(2)9-6-10-21-16-11-15(13-20)19(17-16)12-14-7-4-3-5-8-14/h3-5,7-8,11H,6,9-10,12H2,1-2H3,(H,20,21);3-5,7-8,11,20H,6,9-10,12-13H2,1-2H3. The molecular weight excluding hydrogens is 548 g/mol. The summed E-state index contributed by atoms with van der Waals surface area (Å²) in [6.45, 7) is 4.04. The molecule has 0 fully saturated rings. The molecule has 0 atom stereocenters. The number of nitrogens with zero attached hydrogens (tertiary/aromatic N) is 6. The van der Waals surface area contributed by atoms with E-state index in [-0.39, 0.29) is 12.3 Å². The molecule has 43 heavy (non-hydrogen) atoms. The largest absolute Gasteiger partial charge is 0.477 e. The molecule has 4 aromatic rings. The minimum atomic E-state index is -1.01. The molecule has 0 aliphatic rings. The van der Waals surface area contributed by atoms with E-state index in [0.717, 1.165) is 42.8 Å².